The standard InChI is InChI=1S/C15H19F3N2O/c16-15(17,18)12-7-4-8-20(10-12)14(21)13(9-19)11-5-2-1-3-6-11/h1-3,5-6,12-13H,4,7-10,19H2. The van der Waals surface area contributed by atoms with Crippen LogP contribution in [0.1, 0.15) is 24.3 Å². The van der Waals surface area contributed by atoms with Gasteiger partial charge in [0.15, 0.2) is 0 Å². The van der Waals surface area contributed by atoms with Gasteiger partial charge in [-0.3, -0.25) is 4.79 Å². The summed E-state index contributed by atoms with van der Waals surface area (Å²) in [6.07, 6.45) is -3.78. The lowest BCUT2D eigenvalue weighted by atomic mass is 9.93. The number of halogens is 3. The minimum absolute atomic E-state index is 0.0892. The van der Waals surface area contributed by atoms with Crippen molar-refractivity contribution in [2.24, 2.45) is 11.7 Å². The van der Waals surface area contributed by atoms with Crippen LogP contribution in [-0.4, -0.2) is 36.6 Å². The van der Waals surface area contributed by atoms with Gasteiger partial charge >= 0.3 is 6.18 Å². The fourth-order valence-electron chi connectivity index (χ4n) is 2.73. The van der Waals surface area contributed by atoms with Crippen LogP contribution in [0.15, 0.2) is 30.3 Å². The molecule has 1 fully saturated rings. The maximum absolute atomic E-state index is 12.8. The Morgan fingerprint density at radius 3 is 2.57 bits per heavy atom. The summed E-state index contributed by atoms with van der Waals surface area (Å²) in [6, 6.07) is 8.96. The van der Waals surface area contributed by atoms with Crippen LogP contribution in [0.4, 0.5) is 13.2 Å². The van der Waals surface area contributed by atoms with Gasteiger partial charge in [0.25, 0.3) is 0 Å². The molecule has 0 aliphatic carbocycles. The third-order valence-electron chi connectivity index (χ3n) is 3.93. The van der Waals surface area contributed by atoms with Crippen LogP contribution in [0, 0.1) is 5.92 Å². The van der Waals surface area contributed by atoms with Gasteiger partial charge in [0, 0.05) is 19.6 Å². The largest absolute Gasteiger partial charge is 0.393 e. The van der Waals surface area contributed by atoms with Crippen LogP contribution in [-0.2, 0) is 4.79 Å². The Morgan fingerprint density at radius 2 is 2.00 bits per heavy atom. The molecule has 3 nitrogen and oxygen atoms in total. The maximum Gasteiger partial charge on any atom is 0.393 e. The molecule has 6 heteroatoms. The quantitative estimate of drug-likeness (QED) is 0.932. The van der Waals surface area contributed by atoms with Crippen molar-refractivity contribution in [1.29, 1.82) is 0 Å². The predicted molar refractivity (Wildman–Crippen MR) is 73.6 cm³/mol. The molecule has 1 saturated heterocycles. The van der Waals surface area contributed by atoms with Gasteiger partial charge in [-0.2, -0.15) is 13.2 Å². The van der Waals surface area contributed by atoms with Crippen molar-refractivity contribution >= 4 is 5.91 Å². The molecule has 0 radical (unpaired) electrons. The van der Waals surface area contributed by atoms with Gasteiger partial charge < -0.3 is 10.6 Å². The van der Waals surface area contributed by atoms with Crippen LogP contribution < -0.4 is 5.73 Å². The predicted octanol–water partition coefficient (Wildman–Crippen LogP) is 2.53. The zero-order chi connectivity index (χ0) is 15.5. The Morgan fingerprint density at radius 1 is 1.33 bits per heavy atom. The molecule has 116 valence electrons. The van der Waals surface area contributed by atoms with Crippen molar-refractivity contribution in [3.63, 3.8) is 0 Å². The fraction of sp³-hybridized carbons (Fsp3) is 0.533. The molecule has 0 saturated carbocycles. The highest BCUT2D eigenvalue weighted by Gasteiger charge is 2.43. The number of alkyl halides is 3. The van der Waals surface area contributed by atoms with E-state index in [2.05, 4.69) is 0 Å². The van der Waals surface area contributed by atoms with Crippen LogP contribution in [0.2, 0.25) is 0 Å². The van der Waals surface area contributed by atoms with Crippen molar-refractivity contribution < 1.29 is 18.0 Å². The van der Waals surface area contributed by atoms with E-state index in [-0.39, 0.29) is 25.4 Å². The number of nitrogens with two attached hydrogens (primary N) is 1. The summed E-state index contributed by atoms with van der Waals surface area (Å²) < 4.78 is 38.5. The number of benzene rings is 1. The number of carbonyl (C=O) groups is 1. The van der Waals surface area contributed by atoms with Crippen LogP contribution in [0.5, 0.6) is 0 Å². The maximum atomic E-state index is 12.8. The summed E-state index contributed by atoms with van der Waals surface area (Å²) in [4.78, 5) is 13.8. The van der Waals surface area contributed by atoms with E-state index < -0.39 is 18.0 Å². The molecule has 2 unspecified atom stereocenters. The highest BCUT2D eigenvalue weighted by Crippen LogP contribution is 2.34. The summed E-state index contributed by atoms with van der Waals surface area (Å²) >= 11 is 0. The molecule has 2 atom stereocenters. The van der Waals surface area contributed by atoms with Gasteiger partial charge in [-0.15, -0.1) is 0 Å². The number of hydrogen-bond donors (Lipinski definition) is 1. The molecular formula is C15H19F3N2O. The van der Waals surface area contributed by atoms with Crippen LogP contribution in [0.3, 0.4) is 0 Å². The Hall–Kier alpha value is -1.56. The first-order valence-corrected chi connectivity index (χ1v) is 7.04. The molecule has 1 aromatic carbocycles. The van der Waals surface area contributed by atoms with Gasteiger partial charge in [-0.05, 0) is 18.4 Å². The molecule has 1 aromatic rings. The van der Waals surface area contributed by atoms with E-state index in [0.29, 0.717) is 13.0 Å². The lowest BCUT2D eigenvalue weighted by Crippen LogP contribution is -2.47. The van der Waals surface area contributed by atoms with Gasteiger partial charge in [0.1, 0.15) is 0 Å². The SMILES string of the molecule is NCC(C(=O)N1CCCC(C(F)(F)F)C1)c1ccccc1. The molecule has 0 aromatic heterocycles. The number of nitrogens with zero attached hydrogens (tertiary/aromatic N) is 1. The molecule has 1 heterocycles. The van der Waals surface area contributed by atoms with E-state index in [1.54, 1.807) is 24.3 Å². The van der Waals surface area contributed by atoms with E-state index in [1.807, 2.05) is 6.07 Å². The molecule has 2 rings (SSSR count). The second-order valence-corrected chi connectivity index (χ2v) is 5.36. The second kappa shape index (κ2) is 6.47. The highest BCUT2D eigenvalue weighted by molar-refractivity contribution is 5.84. The third-order valence-corrected chi connectivity index (χ3v) is 3.93. The van der Waals surface area contributed by atoms with Gasteiger partial charge in [-0.25, -0.2) is 0 Å². The van der Waals surface area contributed by atoms with E-state index >= 15 is 0 Å². The summed E-state index contributed by atoms with van der Waals surface area (Å²) in [6.45, 7) is 0.205. The smallest absolute Gasteiger partial charge is 0.342 e. The van der Waals surface area contributed by atoms with E-state index in [0.717, 1.165) is 5.56 Å². The average molecular weight is 300 g/mol. The Balaban J connectivity index is 2.11. The van der Waals surface area contributed by atoms with Crippen molar-refractivity contribution in [3.8, 4) is 0 Å². The Labute approximate surface area is 121 Å². The molecule has 21 heavy (non-hydrogen) atoms. The number of rotatable bonds is 3. The van der Waals surface area contributed by atoms with Crippen molar-refractivity contribution in [2.75, 3.05) is 19.6 Å². The molecule has 0 bridgehead atoms. The van der Waals surface area contributed by atoms with Crippen LogP contribution >= 0.6 is 0 Å². The topological polar surface area (TPSA) is 46.3 Å². The first kappa shape index (κ1) is 15.8. The molecule has 1 amide bonds. The molecule has 1 aliphatic heterocycles. The van der Waals surface area contributed by atoms with E-state index in [1.165, 1.54) is 4.90 Å². The monoisotopic (exact) mass is 300 g/mol. The normalized spacial score (nSPS) is 21.1. The van der Waals surface area contributed by atoms with Gasteiger partial charge in [0.05, 0.1) is 11.8 Å². The van der Waals surface area contributed by atoms with E-state index in [4.69, 9.17) is 5.73 Å². The number of amides is 1. The third kappa shape index (κ3) is 3.75. The Bertz CT molecular complexity index is 476. The fourth-order valence-corrected chi connectivity index (χ4v) is 2.73. The van der Waals surface area contributed by atoms with Crippen molar-refractivity contribution in [1.82, 2.24) is 4.90 Å². The lowest BCUT2D eigenvalue weighted by Gasteiger charge is -2.35. The summed E-state index contributed by atoms with van der Waals surface area (Å²) in [5.74, 6) is -2.31. The minimum atomic E-state index is -4.25. The zero-order valence-electron chi connectivity index (χ0n) is 11.6. The number of carbonyl (C=O) groups excluding carboxylic acids is 1. The van der Waals surface area contributed by atoms with Crippen molar-refractivity contribution in [2.45, 2.75) is 24.9 Å². The minimum Gasteiger partial charge on any atom is -0.342 e. The Kier molecular flexibility index (Phi) is 4.88. The molecular weight excluding hydrogens is 281 g/mol. The van der Waals surface area contributed by atoms with E-state index in [9.17, 15) is 18.0 Å². The second-order valence-electron chi connectivity index (χ2n) is 5.36. The van der Waals surface area contributed by atoms with Gasteiger partial charge in [-0.1, -0.05) is 30.3 Å². The first-order chi connectivity index (χ1) is 9.93. The summed E-state index contributed by atoms with van der Waals surface area (Å²) in [5, 5.41) is 0. The number of piperidine rings is 1. The molecule has 2 N–H and O–H groups in total. The van der Waals surface area contributed by atoms with Crippen LogP contribution in [0.25, 0.3) is 0 Å². The first-order valence-electron chi connectivity index (χ1n) is 7.04. The number of likely N-dealkylation sites (tertiary alicyclic amines) is 1. The molecule has 1 aliphatic rings. The van der Waals surface area contributed by atoms with Crippen molar-refractivity contribution in [3.05, 3.63) is 35.9 Å². The average Bonchev–Trinajstić information content (AvgIpc) is 2.48. The van der Waals surface area contributed by atoms with Gasteiger partial charge in [0.2, 0.25) is 5.91 Å². The molecule has 0 spiro atoms. The highest BCUT2D eigenvalue weighted by atomic mass is 19.4. The zero-order valence-corrected chi connectivity index (χ0v) is 11.6. The summed E-state index contributed by atoms with van der Waals surface area (Å²) in [5.41, 5.74) is 6.41. The summed E-state index contributed by atoms with van der Waals surface area (Å²) in [7, 11) is 0. The lowest BCUT2D eigenvalue weighted by molar-refractivity contribution is -0.188. The number of hydrogen-bond acceptors (Lipinski definition) is 2.